The van der Waals surface area contributed by atoms with Crippen molar-refractivity contribution >= 4 is 11.8 Å². The summed E-state index contributed by atoms with van der Waals surface area (Å²) in [5, 5.41) is 0. The van der Waals surface area contributed by atoms with Crippen molar-refractivity contribution in [2.75, 3.05) is 26.2 Å². The number of nitrogens with zero attached hydrogens (tertiary/aromatic N) is 3. The van der Waals surface area contributed by atoms with Gasteiger partial charge in [-0.25, -0.2) is 0 Å². The lowest BCUT2D eigenvalue weighted by atomic mass is 10.2. The molecular formula is C17H23N3O2. The Labute approximate surface area is 131 Å². The van der Waals surface area contributed by atoms with E-state index in [-0.39, 0.29) is 11.8 Å². The molecule has 0 unspecified atom stereocenters. The Morgan fingerprint density at radius 1 is 1.23 bits per heavy atom. The Kier molecular flexibility index (Phi) is 5.69. The maximum atomic E-state index is 12.4. The maximum Gasteiger partial charge on any atom is 0.255 e. The van der Waals surface area contributed by atoms with Gasteiger partial charge in [0.05, 0.1) is 5.56 Å². The molecule has 5 heteroatoms. The molecule has 2 amide bonds. The van der Waals surface area contributed by atoms with Crippen LogP contribution in [0, 0.1) is 0 Å². The molecule has 5 nitrogen and oxygen atoms in total. The van der Waals surface area contributed by atoms with Crippen molar-refractivity contribution in [2.24, 2.45) is 0 Å². The lowest BCUT2D eigenvalue weighted by Crippen LogP contribution is -2.36. The van der Waals surface area contributed by atoms with Gasteiger partial charge in [0.25, 0.3) is 5.91 Å². The van der Waals surface area contributed by atoms with Gasteiger partial charge in [-0.2, -0.15) is 0 Å². The minimum Gasteiger partial charge on any atom is -0.337 e. The van der Waals surface area contributed by atoms with Crippen LogP contribution >= 0.6 is 0 Å². The number of allylic oxidation sites excluding steroid dienone is 1. The van der Waals surface area contributed by atoms with Crippen molar-refractivity contribution in [2.45, 2.75) is 26.7 Å². The number of hydrogen-bond donors (Lipinski definition) is 0. The molecule has 0 aromatic carbocycles. The summed E-state index contributed by atoms with van der Waals surface area (Å²) in [6, 6.07) is 3.54. The molecule has 1 aromatic heterocycles. The monoisotopic (exact) mass is 301 g/mol. The first kappa shape index (κ1) is 16.2. The maximum absolute atomic E-state index is 12.4. The Morgan fingerprint density at radius 3 is 2.64 bits per heavy atom. The molecule has 2 rings (SSSR count). The molecule has 1 aliphatic heterocycles. The van der Waals surface area contributed by atoms with Crippen LogP contribution in [0.1, 0.15) is 37.0 Å². The minimum atomic E-state index is -0.0114. The molecule has 0 aliphatic carbocycles. The third kappa shape index (κ3) is 4.16. The number of aromatic nitrogens is 1. The quantitative estimate of drug-likeness (QED) is 0.804. The summed E-state index contributed by atoms with van der Waals surface area (Å²) in [5.74, 6) is 0.0395. The van der Waals surface area contributed by atoms with Gasteiger partial charge in [0.1, 0.15) is 0 Å². The molecule has 2 heterocycles. The van der Waals surface area contributed by atoms with Crippen LogP contribution in [-0.4, -0.2) is 52.8 Å². The van der Waals surface area contributed by atoms with Gasteiger partial charge in [-0.3, -0.25) is 14.6 Å². The van der Waals surface area contributed by atoms with Gasteiger partial charge in [-0.15, -0.1) is 0 Å². The van der Waals surface area contributed by atoms with Crippen molar-refractivity contribution in [3.63, 3.8) is 0 Å². The molecule has 118 valence electrons. The van der Waals surface area contributed by atoms with E-state index >= 15 is 0 Å². The molecule has 0 saturated carbocycles. The fourth-order valence-electron chi connectivity index (χ4n) is 2.42. The first-order valence-electron chi connectivity index (χ1n) is 7.77. The van der Waals surface area contributed by atoms with Gasteiger partial charge < -0.3 is 9.80 Å². The standard InChI is InChI=1S/C17H23N3O2/c1-3-14(2)12-16(21)19-8-5-9-20(11-10-19)17(22)15-6-4-7-18-13-15/h4,6-7,12-13H,3,5,8-11H2,1-2H3/b14-12+. The van der Waals surface area contributed by atoms with Crippen LogP contribution in [0.4, 0.5) is 0 Å². The molecule has 0 bridgehead atoms. The summed E-state index contributed by atoms with van der Waals surface area (Å²) < 4.78 is 0. The van der Waals surface area contributed by atoms with E-state index in [1.807, 2.05) is 18.7 Å². The van der Waals surface area contributed by atoms with Crippen molar-refractivity contribution < 1.29 is 9.59 Å². The first-order valence-corrected chi connectivity index (χ1v) is 7.77. The third-order valence-electron chi connectivity index (χ3n) is 3.93. The van der Waals surface area contributed by atoms with Crippen LogP contribution in [0.5, 0.6) is 0 Å². The fourth-order valence-corrected chi connectivity index (χ4v) is 2.42. The molecule has 0 N–H and O–H groups in total. The predicted octanol–water partition coefficient (Wildman–Crippen LogP) is 2.11. The fraction of sp³-hybridized carbons (Fsp3) is 0.471. The third-order valence-corrected chi connectivity index (χ3v) is 3.93. The second-order valence-corrected chi connectivity index (χ2v) is 5.56. The van der Waals surface area contributed by atoms with Crippen LogP contribution in [-0.2, 0) is 4.79 Å². The molecule has 1 aromatic rings. The molecule has 0 atom stereocenters. The van der Waals surface area contributed by atoms with Gasteiger partial charge in [-0.05, 0) is 31.9 Å². The molecule has 0 radical (unpaired) electrons. The van der Waals surface area contributed by atoms with Crippen LogP contribution in [0.25, 0.3) is 0 Å². The van der Waals surface area contributed by atoms with Crippen LogP contribution in [0.15, 0.2) is 36.2 Å². The smallest absolute Gasteiger partial charge is 0.255 e. The molecule has 1 fully saturated rings. The van der Waals surface area contributed by atoms with Crippen LogP contribution < -0.4 is 0 Å². The van der Waals surface area contributed by atoms with E-state index in [9.17, 15) is 9.59 Å². The van der Waals surface area contributed by atoms with E-state index in [2.05, 4.69) is 4.98 Å². The number of amides is 2. The van der Waals surface area contributed by atoms with Gasteiger partial charge in [0.2, 0.25) is 5.91 Å². The highest BCUT2D eigenvalue weighted by Gasteiger charge is 2.22. The van der Waals surface area contributed by atoms with Gasteiger partial charge in [0, 0.05) is 44.6 Å². The van der Waals surface area contributed by atoms with Crippen LogP contribution in [0.3, 0.4) is 0 Å². The number of rotatable bonds is 3. The summed E-state index contributed by atoms with van der Waals surface area (Å²) in [4.78, 5) is 32.3. The van der Waals surface area contributed by atoms with E-state index in [1.165, 1.54) is 0 Å². The largest absolute Gasteiger partial charge is 0.337 e. The molecule has 22 heavy (non-hydrogen) atoms. The van der Waals surface area contributed by atoms with Gasteiger partial charge >= 0.3 is 0 Å². The predicted molar refractivity (Wildman–Crippen MR) is 85.4 cm³/mol. The average molecular weight is 301 g/mol. The van der Waals surface area contributed by atoms with Gasteiger partial charge in [0.15, 0.2) is 0 Å². The van der Waals surface area contributed by atoms with E-state index in [0.717, 1.165) is 18.4 Å². The van der Waals surface area contributed by atoms with E-state index in [4.69, 9.17) is 0 Å². The zero-order chi connectivity index (χ0) is 15.9. The van der Waals surface area contributed by atoms with Crippen molar-refractivity contribution in [1.29, 1.82) is 0 Å². The molecule has 0 spiro atoms. The Hall–Kier alpha value is -2.17. The number of pyridine rings is 1. The van der Waals surface area contributed by atoms with E-state index in [0.29, 0.717) is 31.7 Å². The first-order chi connectivity index (χ1) is 10.6. The normalized spacial score (nSPS) is 16.4. The summed E-state index contributed by atoms with van der Waals surface area (Å²) in [5.41, 5.74) is 1.68. The van der Waals surface area contributed by atoms with Crippen LogP contribution in [0.2, 0.25) is 0 Å². The molecule has 1 saturated heterocycles. The summed E-state index contributed by atoms with van der Waals surface area (Å²) in [6.45, 7) is 6.53. The zero-order valence-corrected chi connectivity index (χ0v) is 13.3. The minimum absolute atomic E-state index is 0.0114. The van der Waals surface area contributed by atoms with E-state index < -0.39 is 0 Å². The lowest BCUT2D eigenvalue weighted by molar-refractivity contribution is -0.125. The number of carbonyl (C=O) groups is 2. The van der Waals surface area contributed by atoms with Crippen molar-refractivity contribution in [3.05, 3.63) is 41.7 Å². The molecular weight excluding hydrogens is 278 g/mol. The number of hydrogen-bond acceptors (Lipinski definition) is 3. The zero-order valence-electron chi connectivity index (χ0n) is 13.3. The topological polar surface area (TPSA) is 53.5 Å². The molecule has 1 aliphatic rings. The van der Waals surface area contributed by atoms with Crippen molar-refractivity contribution in [3.8, 4) is 0 Å². The van der Waals surface area contributed by atoms with Crippen molar-refractivity contribution in [1.82, 2.24) is 14.8 Å². The highest BCUT2D eigenvalue weighted by atomic mass is 16.2. The summed E-state index contributed by atoms with van der Waals surface area (Å²) >= 11 is 0. The Bertz CT molecular complexity index is 554. The SMILES string of the molecule is CC/C(C)=C/C(=O)N1CCCN(C(=O)c2cccnc2)CC1. The second kappa shape index (κ2) is 7.73. The second-order valence-electron chi connectivity index (χ2n) is 5.56. The lowest BCUT2D eigenvalue weighted by Gasteiger charge is -2.21. The highest BCUT2D eigenvalue weighted by molar-refractivity contribution is 5.94. The number of carbonyl (C=O) groups excluding carboxylic acids is 2. The highest BCUT2D eigenvalue weighted by Crippen LogP contribution is 2.10. The average Bonchev–Trinajstić information content (AvgIpc) is 2.81. The Morgan fingerprint density at radius 2 is 1.95 bits per heavy atom. The summed E-state index contributed by atoms with van der Waals surface area (Å²) in [7, 11) is 0. The van der Waals surface area contributed by atoms with E-state index in [1.54, 1.807) is 35.5 Å². The Balaban J connectivity index is 1.98. The van der Waals surface area contributed by atoms with Gasteiger partial charge in [-0.1, -0.05) is 12.5 Å². The summed E-state index contributed by atoms with van der Waals surface area (Å²) in [6.07, 6.45) is 6.63.